The van der Waals surface area contributed by atoms with E-state index in [4.69, 9.17) is 14.9 Å². The van der Waals surface area contributed by atoms with E-state index in [1.54, 1.807) is 12.4 Å². The van der Waals surface area contributed by atoms with E-state index in [0.717, 1.165) is 5.56 Å². The second-order valence-electron chi connectivity index (χ2n) is 8.72. The Morgan fingerprint density at radius 2 is 2.08 bits per heavy atom. The van der Waals surface area contributed by atoms with Crippen LogP contribution in [0, 0.1) is 0 Å². The van der Waals surface area contributed by atoms with Crippen molar-refractivity contribution >= 4 is 14.0 Å². The van der Waals surface area contributed by atoms with Crippen LogP contribution < -0.4 is 5.73 Å². The molecule has 1 aliphatic heterocycles. The van der Waals surface area contributed by atoms with Crippen LogP contribution in [0.2, 0.25) is 18.1 Å². The number of aliphatic hydroxyl groups is 1. The average molecular weight is 367 g/mol. The first-order chi connectivity index (χ1) is 11.4. The first kappa shape index (κ1) is 20.4. The third-order valence-electron chi connectivity index (χ3n) is 6.10. The molecule has 6 heteroatoms. The minimum absolute atomic E-state index is 0.0778. The van der Waals surface area contributed by atoms with Crippen LogP contribution in [-0.4, -0.2) is 36.2 Å². The van der Waals surface area contributed by atoms with E-state index in [0.29, 0.717) is 18.5 Å². The van der Waals surface area contributed by atoms with Gasteiger partial charge in [-0.2, -0.15) is 0 Å². The predicted molar refractivity (Wildman–Crippen MR) is 104 cm³/mol. The van der Waals surface area contributed by atoms with Crippen molar-refractivity contribution in [2.75, 3.05) is 5.73 Å². The first-order valence-corrected chi connectivity index (χ1v) is 12.1. The second-order valence-corrected chi connectivity index (χ2v) is 13.5. The van der Waals surface area contributed by atoms with E-state index in [9.17, 15) is 5.11 Å². The molecule has 142 valence electrons. The Kier molecular flexibility index (Phi) is 5.69. The molecule has 0 amide bonds. The van der Waals surface area contributed by atoms with Gasteiger partial charge >= 0.3 is 0 Å². The minimum atomic E-state index is -2.03. The molecule has 0 saturated carbocycles. The molecule has 1 aliphatic rings. The fraction of sp³-hybridized carbons (Fsp3) is 0.737. The van der Waals surface area contributed by atoms with Crippen molar-refractivity contribution in [3.63, 3.8) is 0 Å². The number of hydrogen-bond donors (Lipinski definition) is 2. The molecule has 25 heavy (non-hydrogen) atoms. The molecule has 1 aromatic heterocycles. The lowest BCUT2D eigenvalue weighted by molar-refractivity contribution is -0.220. The summed E-state index contributed by atoms with van der Waals surface area (Å²) in [6.07, 6.45) is 3.75. The Hall–Kier alpha value is -0.953. The van der Waals surface area contributed by atoms with Gasteiger partial charge in [0.05, 0.1) is 30.2 Å². The number of hydrogen-bond acceptors (Lipinski definition) is 5. The lowest BCUT2D eigenvalue weighted by Gasteiger charge is -2.51. The molecule has 1 fully saturated rings. The molecule has 0 unspecified atom stereocenters. The zero-order valence-electron chi connectivity index (χ0n) is 16.7. The molecule has 0 aromatic carbocycles. The number of anilines is 1. The number of nitrogens with two attached hydrogens (primary N) is 1. The highest BCUT2D eigenvalue weighted by molar-refractivity contribution is 6.74. The molecule has 0 bridgehead atoms. The summed E-state index contributed by atoms with van der Waals surface area (Å²) in [6.45, 7) is 15.0. The number of pyridine rings is 1. The molecule has 4 atom stereocenters. The van der Waals surface area contributed by atoms with Crippen molar-refractivity contribution in [2.45, 2.75) is 89.5 Å². The van der Waals surface area contributed by atoms with Crippen LogP contribution >= 0.6 is 0 Å². The Balaban J connectivity index is 2.34. The van der Waals surface area contributed by atoms with Crippen molar-refractivity contribution in [2.24, 2.45) is 0 Å². The highest BCUT2D eigenvalue weighted by Gasteiger charge is 2.51. The van der Waals surface area contributed by atoms with Gasteiger partial charge in [-0.3, -0.25) is 4.98 Å². The van der Waals surface area contributed by atoms with Gasteiger partial charge in [0.2, 0.25) is 0 Å². The third kappa shape index (κ3) is 3.92. The maximum atomic E-state index is 11.3. The van der Waals surface area contributed by atoms with Gasteiger partial charge in [-0.05, 0) is 37.5 Å². The SMILES string of the molecule is CC[C@@]1(O)[C@H](C)O[C@H](c2ccncc2N)C[C@@H]1O[Si](C)(C)C(C)(C)C. The number of aromatic nitrogens is 1. The summed E-state index contributed by atoms with van der Waals surface area (Å²) < 4.78 is 12.8. The third-order valence-corrected chi connectivity index (χ3v) is 10.6. The smallest absolute Gasteiger partial charge is 0.192 e. The van der Waals surface area contributed by atoms with Gasteiger partial charge in [-0.25, -0.2) is 0 Å². The molecule has 1 aromatic rings. The van der Waals surface area contributed by atoms with Crippen LogP contribution in [0.5, 0.6) is 0 Å². The number of nitrogen functional groups attached to an aromatic ring is 1. The fourth-order valence-corrected chi connectivity index (χ4v) is 4.55. The van der Waals surface area contributed by atoms with Crippen LogP contribution in [0.4, 0.5) is 5.69 Å². The van der Waals surface area contributed by atoms with E-state index < -0.39 is 13.9 Å². The molecule has 3 N–H and O–H groups in total. The molecule has 5 nitrogen and oxygen atoms in total. The van der Waals surface area contributed by atoms with E-state index >= 15 is 0 Å². The van der Waals surface area contributed by atoms with Crippen LogP contribution in [0.15, 0.2) is 18.5 Å². The van der Waals surface area contributed by atoms with Gasteiger partial charge in [0.25, 0.3) is 0 Å². The molecule has 2 heterocycles. The standard InChI is InChI=1S/C19H34N2O3Si/c1-8-19(22)13(2)23-16(14-9-10-21-12-15(14)20)11-17(19)24-25(6,7)18(3,4)5/h9-10,12-13,16-17,22H,8,11,20H2,1-7H3/t13-,16-,17-,19+/m0/s1. The molecular weight excluding hydrogens is 332 g/mol. The quantitative estimate of drug-likeness (QED) is 0.786. The Morgan fingerprint density at radius 1 is 1.44 bits per heavy atom. The highest BCUT2D eigenvalue weighted by Crippen LogP contribution is 2.45. The topological polar surface area (TPSA) is 77.6 Å². The predicted octanol–water partition coefficient (Wildman–Crippen LogP) is 4.05. The average Bonchev–Trinajstić information content (AvgIpc) is 2.50. The minimum Gasteiger partial charge on any atom is -0.411 e. The number of ether oxygens (including phenoxy) is 1. The molecule has 0 aliphatic carbocycles. The lowest BCUT2D eigenvalue weighted by atomic mass is 9.81. The van der Waals surface area contributed by atoms with E-state index in [1.165, 1.54) is 0 Å². The van der Waals surface area contributed by atoms with Crippen LogP contribution in [0.25, 0.3) is 0 Å². The maximum absolute atomic E-state index is 11.3. The summed E-state index contributed by atoms with van der Waals surface area (Å²) in [4.78, 5) is 4.06. The van der Waals surface area contributed by atoms with Crippen LogP contribution in [0.1, 0.15) is 59.1 Å². The van der Waals surface area contributed by atoms with Gasteiger partial charge in [0.1, 0.15) is 5.60 Å². The summed E-state index contributed by atoms with van der Waals surface area (Å²) in [6, 6.07) is 1.90. The number of nitrogens with zero attached hydrogens (tertiary/aromatic N) is 1. The largest absolute Gasteiger partial charge is 0.411 e. The molecular formula is C19H34N2O3Si. The summed E-state index contributed by atoms with van der Waals surface area (Å²) >= 11 is 0. The van der Waals surface area contributed by atoms with Crippen molar-refractivity contribution in [1.29, 1.82) is 0 Å². The van der Waals surface area contributed by atoms with Crippen molar-refractivity contribution in [3.05, 3.63) is 24.0 Å². The van der Waals surface area contributed by atoms with Gasteiger partial charge < -0.3 is 20.0 Å². The Bertz CT molecular complexity index is 603. The van der Waals surface area contributed by atoms with Crippen LogP contribution in [0.3, 0.4) is 0 Å². The molecule has 0 radical (unpaired) electrons. The molecule has 1 saturated heterocycles. The highest BCUT2D eigenvalue weighted by atomic mass is 28.4. The zero-order chi connectivity index (χ0) is 19.0. The summed E-state index contributed by atoms with van der Waals surface area (Å²) in [5.41, 5.74) is 6.65. The first-order valence-electron chi connectivity index (χ1n) is 9.17. The Morgan fingerprint density at radius 3 is 2.60 bits per heavy atom. The van der Waals surface area contributed by atoms with Crippen LogP contribution in [-0.2, 0) is 9.16 Å². The lowest BCUT2D eigenvalue weighted by Crippen LogP contribution is -2.60. The molecule has 0 spiro atoms. The van der Waals surface area contributed by atoms with E-state index in [1.807, 2.05) is 19.9 Å². The van der Waals surface area contributed by atoms with E-state index in [-0.39, 0.29) is 23.4 Å². The van der Waals surface area contributed by atoms with Crippen molar-refractivity contribution < 1.29 is 14.3 Å². The van der Waals surface area contributed by atoms with Gasteiger partial charge in [-0.1, -0.05) is 27.7 Å². The number of rotatable bonds is 4. The zero-order valence-corrected chi connectivity index (χ0v) is 17.7. The summed E-state index contributed by atoms with van der Waals surface area (Å²) in [7, 11) is -2.03. The summed E-state index contributed by atoms with van der Waals surface area (Å²) in [5, 5.41) is 11.4. The monoisotopic (exact) mass is 366 g/mol. The normalized spacial score (nSPS) is 31.1. The second kappa shape index (κ2) is 6.99. The van der Waals surface area contributed by atoms with Gasteiger partial charge in [0, 0.05) is 18.2 Å². The van der Waals surface area contributed by atoms with Gasteiger partial charge in [0.15, 0.2) is 8.32 Å². The van der Waals surface area contributed by atoms with Crippen molar-refractivity contribution in [1.82, 2.24) is 4.98 Å². The Labute approximate surface area is 153 Å². The fourth-order valence-electron chi connectivity index (χ4n) is 3.19. The summed E-state index contributed by atoms with van der Waals surface area (Å²) in [5.74, 6) is 0. The van der Waals surface area contributed by atoms with Gasteiger partial charge in [-0.15, -0.1) is 0 Å². The molecule has 2 rings (SSSR count). The van der Waals surface area contributed by atoms with Crippen molar-refractivity contribution in [3.8, 4) is 0 Å². The maximum Gasteiger partial charge on any atom is 0.192 e. The van der Waals surface area contributed by atoms with E-state index in [2.05, 4.69) is 38.8 Å².